The minimum Gasteiger partial charge on any atom is -0.322 e. The first-order valence-corrected chi connectivity index (χ1v) is 9.55. The number of amides is 1. The third-order valence-electron chi connectivity index (χ3n) is 3.17. The molecule has 0 heterocycles. The van der Waals surface area contributed by atoms with Gasteiger partial charge in [-0.25, -0.2) is 8.42 Å². The summed E-state index contributed by atoms with van der Waals surface area (Å²) >= 11 is 8.13. The van der Waals surface area contributed by atoms with Crippen LogP contribution < -0.4 is 5.32 Å². The second-order valence-electron chi connectivity index (χ2n) is 4.70. The largest absolute Gasteiger partial charge is 0.322 e. The lowest BCUT2D eigenvalue weighted by Crippen LogP contribution is -2.26. The number of hydroxylamine groups is 1. The third-order valence-corrected chi connectivity index (χ3v) is 6.05. The summed E-state index contributed by atoms with van der Waals surface area (Å²) < 4.78 is 26.4. The zero-order chi connectivity index (χ0) is 17.9. The zero-order valence-electron chi connectivity index (χ0n) is 12.8. The third kappa shape index (κ3) is 4.25. The molecule has 2 aromatic carbocycles. The fourth-order valence-electron chi connectivity index (χ4n) is 1.82. The number of hydrogen-bond donors (Lipinski definition) is 1. The fourth-order valence-corrected chi connectivity index (χ4v) is 3.65. The van der Waals surface area contributed by atoms with Crippen LogP contribution in [0.15, 0.2) is 47.4 Å². The summed E-state index contributed by atoms with van der Waals surface area (Å²) in [4.78, 5) is 16.8. The van der Waals surface area contributed by atoms with E-state index < -0.39 is 15.9 Å². The summed E-state index contributed by atoms with van der Waals surface area (Å²) in [5, 5.41) is 2.71. The Morgan fingerprint density at radius 2 is 1.83 bits per heavy atom. The van der Waals surface area contributed by atoms with Crippen LogP contribution in [-0.4, -0.2) is 33.0 Å². The van der Waals surface area contributed by atoms with E-state index in [1.54, 1.807) is 12.1 Å². The van der Waals surface area contributed by atoms with E-state index in [0.29, 0.717) is 10.2 Å². The Labute approximate surface area is 158 Å². The molecule has 1 N–H and O–H groups in total. The van der Waals surface area contributed by atoms with E-state index in [1.165, 1.54) is 32.4 Å². The van der Waals surface area contributed by atoms with Crippen molar-refractivity contribution < 1.29 is 18.0 Å². The van der Waals surface area contributed by atoms with Crippen LogP contribution in [0.25, 0.3) is 0 Å². The average Bonchev–Trinajstić information content (AvgIpc) is 2.56. The van der Waals surface area contributed by atoms with Crippen molar-refractivity contribution in [3.05, 3.63) is 56.6 Å². The highest BCUT2D eigenvalue weighted by atomic mass is 127. The summed E-state index contributed by atoms with van der Waals surface area (Å²) in [6.45, 7) is 0. The van der Waals surface area contributed by atoms with Gasteiger partial charge in [-0.1, -0.05) is 16.1 Å². The number of anilines is 1. The standard InChI is InChI=1S/C15H14ClIN2O4S/c1-19(23-2)24(21,22)14-9-10(3-8-13(14)16)15(20)18-12-6-4-11(17)5-7-12/h3-9H,1-2H3,(H,18,20). The molecule has 2 aromatic rings. The highest BCUT2D eigenvalue weighted by molar-refractivity contribution is 14.1. The number of halogens is 2. The Kier molecular flexibility index (Phi) is 6.21. The second kappa shape index (κ2) is 7.79. The van der Waals surface area contributed by atoms with E-state index in [0.717, 1.165) is 3.57 Å². The van der Waals surface area contributed by atoms with E-state index >= 15 is 0 Å². The Morgan fingerprint density at radius 3 is 2.42 bits per heavy atom. The van der Waals surface area contributed by atoms with Crippen LogP contribution in [-0.2, 0) is 14.9 Å². The van der Waals surface area contributed by atoms with E-state index in [4.69, 9.17) is 16.4 Å². The van der Waals surface area contributed by atoms with Crippen LogP contribution in [0.2, 0.25) is 5.02 Å². The number of rotatable bonds is 5. The van der Waals surface area contributed by atoms with Gasteiger partial charge in [0.1, 0.15) is 4.90 Å². The van der Waals surface area contributed by atoms with Crippen LogP contribution in [0.5, 0.6) is 0 Å². The van der Waals surface area contributed by atoms with Gasteiger partial charge in [0.15, 0.2) is 0 Å². The van der Waals surface area contributed by atoms with Gasteiger partial charge in [-0.2, -0.15) is 0 Å². The predicted molar refractivity (Wildman–Crippen MR) is 101 cm³/mol. The van der Waals surface area contributed by atoms with Crippen LogP contribution in [0.1, 0.15) is 10.4 Å². The molecule has 2 rings (SSSR count). The SMILES string of the molecule is CON(C)S(=O)(=O)c1cc(C(=O)Nc2ccc(I)cc2)ccc1Cl. The molecule has 0 aliphatic heterocycles. The van der Waals surface area contributed by atoms with E-state index in [-0.39, 0.29) is 15.5 Å². The monoisotopic (exact) mass is 480 g/mol. The number of nitrogens with zero attached hydrogens (tertiary/aromatic N) is 1. The first kappa shape index (κ1) is 19.1. The molecule has 0 aromatic heterocycles. The molecule has 0 saturated carbocycles. The van der Waals surface area contributed by atoms with Crippen molar-refractivity contribution in [2.24, 2.45) is 0 Å². The lowest BCUT2D eigenvalue weighted by molar-refractivity contribution is -0.0258. The number of hydrogen-bond acceptors (Lipinski definition) is 4. The topological polar surface area (TPSA) is 75.7 Å². The normalized spacial score (nSPS) is 11.5. The molecule has 0 aliphatic rings. The van der Waals surface area contributed by atoms with Crippen LogP contribution in [0.4, 0.5) is 5.69 Å². The molecule has 0 bridgehead atoms. The van der Waals surface area contributed by atoms with Crippen molar-refractivity contribution in [1.82, 2.24) is 4.47 Å². The first-order valence-electron chi connectivity index (χ1n) is 6.65. The summed E-state index contributed by atoms with van der Waals surface area (Å²) in [6, 6.07) is 11.2. The zero-order valence-corrected chi connectivity index (χ0v) is 16.5. The molecular weight excluding hydrogens is 467 g/mol. The van der Waals surface area contributed by atoms with Gasteiger partial charge < -0.3 is 5.32 Å². The maximum atomic E-state index is 12.3. The first-order chi connectivity index (χ1) is 11.3. The molecule has 0 fully saturated rings. The number of carbonyl (C=O) groups excluding carboxylic acids is 1. The Morgan fingerprint density at radius 1 is 1.21 bits per heavy atom. The van der Waals surface area contributed by atoms with Crippen molar-refractivity contribution in [1.29, 1.82) is 0 Å². The number of nitrogens with one attached hydrogen (secondary N) is 1. The van der Waals surface area contributed by atoms with Gasteiger partial charge in [-0.3, -0.25) is 9.63 Å². The molecule has 9 heteroatoms. The van der Waals surface area contributed by atoms with E-state index in [9.17, 15) is 13.2 Å². The minimum absolute atomic E-state index is 0.00437. The Hall–Kier alpha value is -1.20. The van der Waals surface area contributed by atoms with Gasteiger partial charge in [0.25, 0.3) is 15.9 Å². The summed E-state index contributed by atoms with van der Waals surface area (Å²) in [5.74, 6) is -0.440. The van der Waals surface area contributed by atoms with E-state index in [1.807, 2.05) is 12.1 Å². The van der Waals surface area contributed by atoms with Gasteiger partial charge in [0.2, 0.25) is 0 Å². The number of benzene rings is 2. The highest BCUT2D eigenvalue weighted by Gasteiger charge is 2.25. The molecule has 0 atom stereocenters. The van der Waals surface area contributed by atoms with E-state index in [2.05, 4.69) is 27.9 Å². The van der Waals surface area contributed by atoms with Crippen LogP contribution in [0, 0.1) is 3.57 Å². The maximum absolute atomic E-state index is 12.3. The smallest absolute Gasteiger partial charge is 0.266 e. The predicted octanol–water partition coefficient (Wildman–Crippen LogP) is 3.38. The lowest BCUT2D eigenvalue weighted by Gasteiger charge is -2.16. The molecular formula is C15H14ClIN2O4S. The van der Waals surface area contributed by atoms with Gasteiger partial charge in [0.05, 0.1) is 12.1 Å². The second-order valence-corrected chi connectivity index (χ2v) is 8.26. The Balaban J connectivity index is 2.33. The molecule has 0 radical (unpaired) electrons. The lowest BCUT2D eigenvalue weighted by atomic mass is 10.2. The molecule has 0 spiro atoms. The molecule has 128 valence electrons. The summed E-state index contributed by atoms with van der Waals surface area (Å²) in [7, 11) is -1.49. The molecule has 0 aliphatic carbocycles. The fraction of sp³-hybridized carbons (Fsp3) is 0.133. The summed E-state index contributed by atoms with van der Waals surface area (Å²) in [6.07, 6.45) is 0. The minimum atomic E-state index is -3.96. The van der Waals surface area contributed by atoms with Gasteiger partial charge >= 0.3 is 0 Å². The highest BCUT2D eigenvalue weighted by Crippen LogP contribution is 2.26. The average molecular weight is 481 g/mol. The maximum Gasteiger partial charge on any atom is 0.266 e. The summed E-state index contributed by atoms with van der Waals surface area (Å²) in [5.41, 5.74) is 0.773. The van der Waals surface area contributed by atoms with Crippen LogP contribution >= 0.6 is 34.2 Å². The van der Waals surface area contributed by atoms with Crippen molar-refractivity contribution in [2.45, 2.75) is 4.90 Å². The van der Waals surface area contributed by atoms with Gasteiger partial charge in [0, 0.05) is 21.9 Å². The molecule has 6 nitrogen and oxygen atoms in total. The van der Waals surface area contributed by atoms with Gasteiger partial charge in [-0.05, 0) is 65.1 Å². The van der Waals surface area contributed by atoms with Crippen molar-refractivity contribution in [2.75, 3.05) is 19.5 Å². The van der Waals surface area contributed by atoms with Gasteiger partial charge in [-0.15, -0.1) is 0 Å². The quantitative estimate of drug-likeness (QED) is 0.526. The Bertz CT molecular complexity index is 856. The van der Waals surface area contributed by atoms with Crippen molar-refractivity contribution in [3.8, 4) is 0 Å². The molecule has 1 amide bonds. The number of carbonyl (C=O) groups is 1. The molecule has 0 unspecified atom stereocenters. The van der Waals surface area contributed by atoms with Crippen molar-refractivity contribution in [3.63, 3.8) is 0 Å². The molecule has 0 saturated heterocycles. The number of sulfonamides is 1. The van der Waals surface area contributed by atoms with Crippen molar-refractivity contribution >= 4 is 55.8 Å². The molecule has 24 heavy (non-hydrogen) atoms. The van der Waals surface area contributed by atoms with Crippen LogP contribution in [0.3, 0.4) is 0 Å².